The van der Waals surface area contributed by atoms with E-state index in [1.54, 1.807) is 6.07 Å². The fourth-order valence-electron chi connectivity index (χ4n) is 1.67. The molecular formula is C13H19BrFN. The Bertz CT molecular complexity index is 324. The van der Waals surface area contributed by atoms with Crippen LogP contribution in [0.5, 0.6) is 0 Å². The lowest BCUT2D eigenvalue weighted by Crippen LogP contribution is -2.22. The second kappa shape index (κ2) is 7.02. The number of halogens is 2. The zero-order chi connectivity index (χ0) is 12.0. The molecule has 0 spiro atoms. The van der Waals surface area contributed by atoms with Gasteiger partial charge in [-0.2, -0.15) is 0 Å². The summed E-state index contributed by atoms with van der Waals surface area (Å²) in [5.74, 6) is 0.522. The predicted octanol–water partition coefficient (Wildman–Crippen LogP) is 4.11. The zero-order valence-electron chi connectivity index (χ0n) is 9.89. The molecule has 0 saturated heterocycles. The average Bonchev–Trinajstić information content (AvgIpc) is 2.30. The molecule has 1 aromatic rings. The average molecular weight is 288 g/mol. The molecule has 0 bridgehead atoms. The van der Waals surface area contributed by atoms with Gasteiger partial charge in [0.1, 0.15) is 5.82 Å². The molecule has 1 rings (SSSR count). The van der Waals surface area contributed by atoms with E-state index in [9.17, 15) is 4.39 Å². The predicted molar refractivity (Wildman–Crippen MR) is 69.9 cm³/mol. The molecular weight excluding hydrogens is 269 g/mol. The molecule has 0 aliphatic rings. The Kier molecular flexibility index (Phi) is 5.99. The lowest BCUT2D eigenvalue weighted by atomic mass is 10.0. The van der Waals surface area contributed by atoms with Crippen LogP contribution in [0.1, 0.15) is 32.3 Å². The van der Waals surface area contributed by atoms with Crippen molar-refractivity contribution < 1.29 is 4.39 Å². The van der Waals surface area contributed by atoms with E-state index >= 15 is 0 Å². The first-order chi connectivity index (χ1) is 7.69. The summed E-state index contributed by atoms with van der Waals surface area (Å²) in [4.78, 5) is 0. The molecule has 0 atom stereocenters. The number of nitrogens with one attached hydrogen (secondary N) is 1. The van der Waals surface area contributed by atoms with Gasteiger partial charge in [0, 0.05) is 6.54 Å². The third kappa shape index (κ3) is 3.87. The molecule has 3 heteroatoms. The summed E-state index contributed by atoms with van der Waals surface area (Å²) in [5.41, 5.74) is 0.978. The molecule has 0 unspecified atom stereocenters. The number of rotatable bonds is 6. The van der Waals surface area contributed by atoms with Crippen LogP contribution in [0.3, 0.4) is 0 Å². The largest absolute Gasteiger partial charge is 0.312 e. The van der Waals surface area contributed by atoms with E-state index in [0.29, 0.717) is 10.4 Å². The summed E-state index contributed by atoms with van der Waals surface area (Å²) >= 11 is 3.27. The molecule has 1 N–H and O–H groups in total. The van der Waals surface area contributed by atoms with Crippen molar-refractivity contribution in [3.63, 3.8) is 0 Å². The van der Waals surface area contributed by atoms with E-state index < -0.39 is 0 Å². The Hall–Kier alpha value is -0.410. The number of hydrogen-bond donors (Lipinski definition) is 1. The molecule has 1 nitrogen and oxygen atoms in total. The van der Waals surface area contributed by atoms with Crippen LogP contribution in [0.25, 0.3) is 0 Å². The second-order valence-corrected chi connectivity index (χ2v) is 4.82. The fourth-order valence-corrected chi connectivity index (χ4v) is 2.08. The first kappa shape index (κ1) is 13.7. The number of hydrogen-bond acceptors (Lipinski definition) is 1. The highest BCUT2D eigenvalue weighted by Gasteiger charge is 2.06. The van der Waals surface area contributed by atoms with Crippen molar-refractivity contribution in [2.75, 3.05) is 6.54 Å². The maximum atomic E-state index is 13.2. The highest BCUT2D eigenvalue weighted by Crippen LogP contribution is 2.20. The van der Waals surface area contributed by atoms with Gasteiger partial charge in [-0.25, -0.2) is 4.39 Å². The smallest absolute Gasteiger partial charge is 0.137 e. The maximum absolute atomic E-state index is 13.2. The van der Waals surface area contributed by atoms with Crippen LogP contribution < -0.4 is 5.32 Å². The Labute approximate surface area is 106 Å². The maximum Gasteiger partial charge on any atom is 0.137 e. The van der Waals surface area contributed by atoms with Gasteiger partial charge in [-0.05, 0) is 40.0 Å². The fraction of sp³-hybridized carbons (Fsp3) is 0.538. The van der Waals surface area contributed by atoms with Gasteiger partial charge in [0.05, 0.1) is 4.47 Å². The molecule has 90 valence electrons. The van der Waals surface area contributed by atoms with E-state index in [-0.39, 0.29) is 5.82 Å². The minimum atomic E-state index is -0.193. The third-order valence-electron chi connectivity index (χ3n) is 2.93. The van der Waals surface area contributed by atoms with E-state index in [1.165, 1.54) is 18.9 Å². The van der Waals surface area contributed by atoms with Crippen LogP contribution >= 0.6 is 15.9 Å². The van der Waals surface area contributed by atoms with Gasteiger partial charge in [-0.15, -0.1) is 0 Å². The van der Waals surface area contributed by atoms with Crippen LogP contribution in [0, 0.1) is 11.7 Å². The van der Waals surface area contributed by atoms with Crippen LogP contribution in [0.15, 0.2) is 22.7 Å². The van der Waals surface area contributed by atoms with Crippen LogP contribution in [-0.2, 0) is 6.54 Å². The van der Waals surface area contributed by atoms with E-state index in [0.717, 1.165) is 18.7 Å². The van der Waals surface area contributed by atoms with Crippen molar-refractivity contribution in [3.05, 3.63) is 34.1 Å². The van der Waals surface area contributed by atoms with Crippen molar-refractivity contribution in [2.24, 2.45) is 5.92 Å². The van der Waals surface area contributed by atoms with Crippen LogP contribution in [0.2, 0.25) is 0 Å². The minimum absolute atomic E-state index is 0.193. The quantitative estimate of drug-likeness (QED) is 0.830. The highest BCUT2D eigenvalue weighted by molar-refractivity contribution is 9.10. The van der Waals surface area contributed by atoms with Crippen molar-refractivity contribution in [1.29, 1.82) is 0 Å². The van der Waals surface area contributed by atoms with Gasteiger partial charge < -0.3 is 5.32 Å². The van der Waals surface area contributed by atoms with Crippen molar-refractivity contribution >= 4 is 15.9 Å². The molecule has 0 aromatic heterocycles. The summed E-state index contributed by atoms with van der Waals surface area (Å²) in [6.07, 6.45) is 2.38. The Morgan fingerprint density at radius 2 is 2.00 bits per heavy atom. The molecule has 0 radical (unpaired) electrons. The van der Waals surface area contributed by atoms with Gasteiger partial charge in [0.25, 0.3) is 0 Å². The van der Waals surface area contributed by atoms with Crippen LogP contribution in [-0.4, -0.2) is 6.54 Å². The van der Waals surface area contributed by atoms with Crippen molar-refractivity contribution in [2.45, 2.75) is 33.2 Å². The molecule has 16 heavy (non-hydrogen) atoms. The molecule has 0 fully saturated rings. The van der Waals surface area contributed by atoms with Crippen LogP contribution in [0.4, 0.5) is 4.39 Å². The monoisotopic (exact) mass is 287 g/mol. The van der Waals surface area contributed by atoms with Gasteiger partial charge >= 0.3 is 0 Å². The first-order valence-corrected chi connectivity index (χ1v) is 6.61. The normalized spacial score (nSPS) is 11.1. The zero-order valence-corrected chi connectivity index (χ0v) is 11.5. The van der Waals surface area contributed by atoms with Gasteiger partial charge in [-0.1, -0.05) is 38.8 Å². The molecule has 0 amide bonds. The van der Waals surface area contributed by atoms with E-state index in [4.69, 9.17) is 0 Å². The standard InChI is InChI=1S/C13H19BrFN/c1-3-10(4-2)8-16-9-11-6-5-7-12(15)13(11)14/h5-7,10,16H,3-4,8-9H2,1-2H3. The Balaban J connectivity index is 2.46. The molecule has 0 saturated carbocycles. The highest BCUT2D eigenvalue weighted by atomic mass is 79.9. The van der Waals surface area contributed by atoms with Gasteiger partial charge in [0.2, 0.25) is 0 Å². The Morgan fingerprint density at radius 3 is 2.62 bits per heavy atom. The summed E-state index contributed by atoms with van der Waals surface area (Å²) in [7, 11) is 0. The van der Waals surface area contributed by atoms with E-state index in [2.05, 4.69) is 35.1 Å². The SMILES string of the molecule is CCC(CC)CNCc1cccc(F)c1Br. The lowest BCUT2D eigenvalue weighted by Gasteiger charge is -2.13. The second-order valence-electron chi connectivity index (χ2n) is 4.03. The molecule has 1 aromatic carbocycles. The van der Waals surface area contributed by atoms with E-state index in [1.807, 2.05) is 6.07 Å². The van der Waals surface area contributed by atoms with Gasteiger partial charge in [0.15, 0.2) is 0 Å². The lowest BCUT2D eigenvalue weighted by molar-refractivity contribution is 0.449. The minimum Gasteiger partial charge on any atom is -0.312 e. The summed E-state index contributed by atoms with van der Waals surface area (Å²) in [6, 6.07) is 5.15. The Morgan fingerprint density at radius 1 is 1.31 bits per heavy atom. The summed E-state index contributed by atoms with van der Waals surface area (Å²) < 4.78 is 13.8. The molecule has 0 aliphatic carbocycles. The number of benzene rings is 1. The van der Waals surface area contributed by atoms with Crippen molar-refractivity contribution in [1.82, 2.24) is 5.32 Å². The topological polar surface area (TPSA) is 12.0 Å². The first-order valence-electron chi connectivity index (χ1n) is 5.82. The van der Waals surface area contributed by atoms with Crippen molar-refractivity contribution in [3.8, 4) is 0 Å². The molecule has 0 aliphatic heterocycles. The summed E-state index contributed by atoms with van der Waals surface area (Å²) in [5, 5.41) is 3.38. The molecule has 0 heterocycles. The third-order valence-corrected chi connectivity index (χ3v) is 3.82. The summed E-state index contributed by atoms with van der Waals surface area (Å²) in [6.45, 7) is 6.12. The van der Waals surface area contributed by atoms with Gasteiger partial charge in [-0.3, -0.25) is 0 Å².